The van der Waals surface area contributed by atoms with Crippen molar-refractivity contribution in [1.29, 1.82) is 5.26 Å². The maximum Gasteiger partial charge on any atom is 0.338 e. The molecule has 4 rings (SSSR count). The second-order valence-electron chi connectivity index (χ2n) is 7.27. The van der Waals surface area contributed by atoms with Crippen LogP contribution in [-0.4, -0.2) is 39.3 Å². The van der Waals surface area contributed by atoms with Gasteiger partial charge in [-0.25, -0.2) is 19.2 Å². The van der Waals surface area contributed by atoms with E-state index in [1.54, 1.807) is 18.2 Å². The minimum Gasteiger partial charge on any atom is -0.496 e. The molecule has 35 heavy (non-hydrogen) atoms. The van der Waals surface area contributed by atoms with Crippen LogP contribution in [0.3, 0.4) is 0 Å². The smallest absolute Gasteiger partial charge is 0.338 e. The van der Waals surface area contributed by atoms with Crippen LogP contribution in [-0.2, 0) is 6.54 Å². The molecule has 176 valence electrons. The third-order valence-corrected chi connectivity index (χ3v) is 5.40. The number of benzene rings is 2. The SMILES string of the molecule is COc1cc(F)c(C(=O)O)cc1-c1cc(Cl)ccc1OCCn1cnc2cnc(C#N)cc2c1=O. The van der Waals surface area contributed by atoms with Gasteiger partial charge in [0, 0.05) is 22.2 Å². The Bertz CT molecular complexity index is 1560. The van der Waals surface area contributed by atoms with Gasteiger partial charge in [-0.1, -0.05) is 11.6 Å². The lowest BCUT2D eigenvalue weighted by Gasteiger charge is -2.16. The molecule has 2 aromatic heterocycles. The van der Waals surface area contributed by atoms with Gasteiger partial charge in [-0.2, -0.15) is 5.26 Å². The average molecular weight is 495 g/mol. The lowest BCUT2D eigenvalue weighted by molar-refractivity contribution is 0.0692. The summed E-state index contributed by atoms with van der Waals surface area (Å²) in [7, 11) is 1.33. The Morgan fingerprint density at radius 1 is 1.20 bits per heavy atom. The first kappa shape index (κ1) is 23.7. The van der Waals surface area contributed by atoms with E-state index in [1.165, 1.54) is 30.3 Å². The van der Waals surface area contributed by atoms with E-state index in [2.05, 4.69) is 9.97 Å². The van der Waals surface area contributed by atoms with Crippen LogP contribution in [0.1, 0.15) is 16.1 Å². The number of aromatic carboxylic acids is 1. The number of carboxylic acids is 1. The van der Waals surface area contributed by atoms with Gasteiger partial charge in [0.05, 0.1) is 42.6 Å². The van der Waals surface area contributed by atoms with Crippen LogP contribution >= 0.6 is 11.6 Å². The molecule has 4 aromatic rings. The number of halogens is 2. The molecule has 2 aromatic carbocycles. The fraction of sp³-hybridized carbons (Fsp3) is 0.125. The van der Waals surface area contributed by atoms with Crippen molar-refractivity contribution in [2.24, 2.45) is 0 Å². The van der Waals surface area contributed by atoms with Crippen LogP contribution < -0.4 is 15.0 Å². The standard InChI is InChI=1S/C24H16ClFN4O5/c1-34-22-9-19(26)17(24(32)33)8-16(22)15-6-13(25)2-3-21(15)35-5-4-30-12-29-20-11-28-14(10-27)7-18(20)23(30)31/h2-3,6-9,11-12H,4-5H2,1H3,(H,32,33). The highest BCUT2D eigenvalue weighted by Crippen LogP contribution is 2.39. The molecule has 1 N–H and O–H groups in total. The van der Waals surface area contributed by atoms with E-state index in [-0.39, 0.29) is 41.1 Å². The van der Waals surface area contributed by atoms with E-state index >= 15 is 0 Å². The number of methoxy groups -OCH3 is 1. The molecular weight excluding hydrogens is 479 g/mol. The highest BCUT2D eigenvalue weighted by atomic mass is 35.5. The van der Waals surface area contributed by atoms with E-state index in [4.69, 9.17) is 26.3 Å². The van der Waals surface area contributed by atoms with Crippen LogP contribution in [0.2, 0.25) is 5.02 Å². The predicted octanol–water partition coefficient (Wildman–Crippen LogP) is 3.91. The number of rotatable bonds is 7. The molecule has 2 heterocycles. The maximum atomic E-state index is 14.2. The van der Waals surface area contributed by atoms with Crippen molar-refractivity contribution < 1.29 is 23.8 Å². The summed E-state index contributed by atoms with van der Waals surface area (Å²) in [6.45, 7) is 0.155. The zero-order valence-corrected chi connectivity index (χ0v) is 18.9. The largest absolute Gasteiger partial charge is 0.496 e. The van der Waals surface area contributed by atoms with Gasteiger partial charge in [0.25, 0.3) is 5.56 Å². The summed E-state index contributed by atoms with van der Waals surface area (Å²) in [6, 6.07) is 10.1. The Labute approximate surface area is 202 Å². The van der Waals surface area contributed by atoms with Crippen molar-refractivity contribution in [1.82, 2.24) is 14.5 Å². The fourth-order valence-corrected chi connectivity index (χ4v) is 3.64. The number of pyridine rings is 1. The number of carboxylic acid groups (broad SMARTS) is 1. The fourth-order valence-electron chi connectivity index (χ4n) is 3.47. The molecule has 11 heteroatoms. The van der Waals surface area contributed by atoms with Crippen LogP contribution in [0.25, 0.3) is 22.0 Å². The average Bonchev–Trinajstić information content (AvgIpc) is 2.85. The molecule has 0 aliphatic carbocycles. The van der Waals surface area contributed by atoms with Gasteiger partial charge in [0.15, 0.2) is 0 Å². The molecular formula is C24H16ClFN4O5. The van der Waals surface area contributed by atoms with Crippen LogP contribution in [0.15, 0.2) is 53.7 Å². The first-order chi connectivity index (χ1) is 16.8. The van der Waals surface area contributed by atoms with Gasteiger partial charge >= 0.3 is 5.97 Å². The number of nitriles is 1. The monoisotopic (exact) mass is 494 g/mol. The normalized spacial score (nSPS) is 10.7. The number of hydrogen-bond donors (Lipinski definition) is 1. The van der Waals surface area contributed by atoms with Crippen LogP contribution in [0.4, 0.5) is 4.39 Å². The topological polar surface area (TPSA) is 127 Å². The molecule has 0 saturated heterocycles. The summed E-state index contributed by atoms with van der Waals surface area (Å²) in [5.41, 5.74) is 0.219. The molecule has 9 nitrogen and oxygen atoms in total. The van der Waals surface area contributed by atoms with Gasteiger partial charge in [-0.05, 0) is 30.3 Å². The van der Waals surface area contributed by atoms with Crippen molar-refractivity contribution in [2.45, 2.75) is 6.54 Å². The van der Waals surface area contributed by atoms with Crippen molar-refractivity contribution in [3.8, 4) is 28.7 Å². The Hall–Kier alpha value is -4.49. The summed E-state index contributed by atoms with van der Waals surface area (Å²) < 4.78 is 26.6. The lowest BCUT2D eigenvalue weighted by atomic mass is 10.0. The summed E-state index contributed by atoms with van der Waals surface area (Å²) >= 11 is 6.16. The number of nitrogens with zero attached hydrogens (tertiary/aromatic N) is 4. The Morgan fingerprint density at radius 2 is 1.97 bits per heavy atom. The molecule has 0 aliphatic heterocycles. The van der Waals surface area contributed by atoms with Crippen molar-refractivity contribution in [2.75, 3.05) is 13.7 Å². The van der Waals surface area contributed by atoms with Crippen molar-refractivity contribution in [3.05, 3.63) is 81.4 Å². The molecule has 0 radical (unpaired) electrons. The van der Waals surface area contributed by atoms with E-state index in [0.717, 1.165) is 12.1 Å². The van der Waals surface area contributed by atoms with Gasteiger partial charge in [0.2, 0.25) is 0 Å². The van der Waals surface area contributed by atoms with Crippen LogP contribution in [0, 0.1) is 17.1 Å². The molecule has 0 aliphatic rings. The van der Waals surface area contributed by atoms with E-state index < -0.39 is 17.3 Å². The molecule has 0 spiro atoms. The summed E-state index contributed by atoms with van der Waals surface area (Å²) in [4.78, 5) is 32.3. The van der Waals surface area contributed by atoms with Gasteiger partial charge in [-0.15, -0.1) is 0 Å². The Balaban J connectivity index is 1.65. The number of aromatic nitrogens is 3. The number of ether oxygens (including phenoxy) is 2. The molecule has 0 saturated carbocycles. The van der Waals surface area contributed by atoms with E-state index in [9.17, 15) is 19.1 Å². The summed E-state index contributed by atoms with van der Waals surface area (Å²) in [5, 5.41) is 19.0. The first-order valence-electron chi connectivity index (χ1n) is 10.1. The zero-order valence-electron chi connectivity index (χ0n) is 18.2. The highest BCUT2D eigenvalue weighted by Gasteiger charge is 2.19. The minimum absolute atomic E-state index is 0.0349. The second kappa shape index (κ2) is 9.79. The maximum absolute atomic E-state index is 14.2. The number of carbonyl (C=O) groups is 1. The van der Waals surface area contributed by atoms with Crippen molar-refractivity contribution >= 4 is 28.5 Å². The van der Waals surface area contributed by atoms with Gasteiger partial charge in [0.1, 0.15) is 35.7 Å². The van der Waals surface area contributed by atoms with E-state index in [0.29, 0.717) is 21.9 Å². The number of fused-ring (bicyclic) bond motifs is 1. The third kappa shape index (κ3) is 4.76. The van der Waals surface area contributed by atoms with Crippen molar-refractivity contribution in [3.63, 3.8) is 0 Å². The second-order valence-corrected chi connectivity index (χ2v) is 7.70. The molecule has 0 bridgehead atoms. The quantitative estimate of drug-likeness (QED) is 0.409. The number of hydrogen-bond acceptors (Lipinski definition) is 7. The lowest BCUT2D eigenvalue weighted by Crippen LogP contribution is -2.23. The van der Waals surface area contributed by atoms with E-state index in [1.807, 2.05) is 6.07 Å². The zero-order chi connectivity index (χ0) is 25.1. The molecule has 0 atom stereocenters. The first-order valence-corrected chi connectivity index (χ1v) is 10.5. The Kier molecular flexibility index (Phi) is 6.62. The van der Waals surface area contributed by atoms with Crippen LogP contribution in [0.5, 0.6) is 11.5 Å². The predicted molar refractivity (Wildman–Crippen MR) is 124 cm³/mol. The molecule has 0 amide bonds. The summed E-state index contributed by atoms with van der Waals surface area (Å²) in [6.07, 6.45) is 2.71. The minimum atomic E-state index is -1.44. The van der Waals surface area contributed by atoms with Gasteiger partial charge in [-0.3, -0.25) is 9.36 Å². The third-order valence-electron chi connectivity index (χ3n) is 5.17. The Morgan fingerprint density at radius 3 is 2.69 bits per heavy atom. The van der Waals surface area contributed by atoms with Gasteiger partial charge < -0.3 is 14.6 Å². The molecule has 0 fully saturated rings. The molecule has 0 unspecified atom stereocenters. The highest BCUT2D eigenvalue weighted by molar-refractivity contribution is 6.31. The summed E-state index contributed by atoms with van der Waals surface area (Å²) in [5.74, 6) is -1.97.